The highest BCUT2D eigenvalue weighted by molar-refractivity contribution is 6.30. The van der Waals surface area contributed by atoms with E-state index in [4.69, 9.17) is 11.6 Å². The molecule has 0 saturated carbocycles. The Labute approximate surface area is 150 Å². The number of urea groups is 1. The van der Waals surface area contributed by atoms with E-state index >= 15 is 0 Å². The van der Waals surface area contributed by atoms with Crippen LogP contribution in [0.15, 0.2) is 30.5 Å². The van der Waals surface area contributed by atoms with Gasteiger partial charge in [0, 0.05) is 29.7 Å². The van der Waals surface area contributed by atoms with Gasteiger partial charge in [-0.1, -0.05) is 23.7 Å². The van der Waals surface area contributed by atoms with Crippen molar-refractivity contribution in [3.63, 3.8) is 0 Å². The molecule has 3 N–H and O–H groups in total. The van der Waals surface area contributed by atoms with Crippen LogP contribution < -0.4 is 16.0 Å². The van der Waals surface area contributed by atoms with Gasteiger partial charge in [-0.05, 0) is 31.0 Å². The zero-order valence-corrected chi connectivity index (χ0v) is 14.7. The van der Waals surface area contributed by atoms with Crippen molar-refractivity contribution in [2.75, 3.05) is 18.4 Å². The summed E-state index contributed by atoms with van der Waals surface area (Å²) in [5, 5.41) is 13.6. The summed E-state index contributed by atoms with van der Waals surface area (Å²) in [5.41, 5.74) is 1.85. The van der Waals surface area contributed by atoms with E-state index in [0.29, 0.717) is 36.9 Å². The third kappa shape index (κ3) is 4.70. The van der Waals surface area contributed by atoms with Gasteiger partial charge in [-0.15, -0.1) is 0 Å². The second-order valence-corrected chi connectivity index (χ2v) is 6.67. The number of alkyl halides is 1. The highest BCUT2D eigenvalue weighted by Crippen LogP contribution is 2.18. The molecule has 0 aliphatic carbocycles. The van der Waals surface area contributed by atoms with Crippen molar-refractivity contribution < 1.29 is 9.18 Å². The number of nitrogens with one attached hydrogen (secondary N) is 3. The fraction of sp³-hybridized carbons (Fsp3) is 0.412. The number of halogens is 2. The fourth-order valence-electron chi connectivity index (χ4n) is 2.86. The molecule has 2 amide bonds. The van der Waals surface area contributed by atoms with Crippen molar-refractivity contribution in [3.8, 4) is 0 Å². The standard InChI is InChI=1S/C17H21ClFN5O/c1-11-7-22-24(10-12-3-2-4-13(18)5-12)16(11)23-17(25)21-9-15-6-14(19)8-20-15/h2-5,7,14-15,20H,6,8-10H2,1H3,(H2,21,23,25)/t14-,15-/m0/s1. The van der Waals surface area contributed by atoms with E-state index in [-0.39, 0.29) is 12.1 Å². The van der Waals surface area contributed by atoms with Crippen LogP contribution in [0, 0.1) is 6.92 Å². The molecule has 1 aliphatic heterocycles. The third-order valence-corrected chi connectivity index (χ3v) is 4.39. The number of carbonyl (C=O) groups is 1. The number of amides is 2. The quantitative estimate of drug-likeness (QED) is 0.763. The predicted molar refractivity (Wildman–Crippen MR) is 95.8 cm³/mol. The first-order chi connectivity index (χ1) is 12.0. The van der Waals surface area contributed by atoms with Gasteiger partial charge in [0.2, 0.25) is 0 Å². The average molecular weight is 366 g/mol. The summed E-state index contributed by atoms with van der Waals surface area (Å²) in [7, 11) is 0. The highest BCUT2D eigenvalue weighted by atomic mass is 35.5. The van der Waals surface area contributed by atoms with Crippen LogP contribution in [-0.2, 0) is 6.54 Å². The summed E-state index contributed by atoms with van der Waals surface area (Å²) in [6.45, 7) is 3.11. The Morgan fingerprint density at radius 2 is 2.36 bits per heavy atom. The monoisotopic (exact) mass is 365 g/mol. The number of nitrogens with zero attached hydrogens (tertiary/aromatic N) is 2. The van der Waals surface area contributed by atoms with Crippen LogP contribution in [0.3, 0.4) is 0 Å². The predicted octanol–water partition coefficient (Wildman–Crippen LogP) is 2.71. The lowest BCUT2D eigenvalue weighted by atomic mass is 10.2. The van der Waals surface area contributed by atoms with Crippen LogP contribution in [0.5, 0.6) is 0 Å². The molecule has 0 radical (unpaired) electrons. The first kappa shape index (κ1) is 17.7. The molecule has 1 fully saturated rings. The molecule has 1 aromatic carbocycles. The molecule has 25 heavy (non-hydrogen) atoms. The Morgan fingerprint density at radius 3 is 3.08 bits per heavy atom. The van der Waals surface area contributed by atoms with Gasteiger partial charge in [0.1, 0.15) is 12.0 Å². The molecule has 3 rings (SSSR count). The van der Waals surface area contributed by atoms with Crippen molar-refractivity contribution in [1.82, 2.24) is 20.4 Å². The van der Waals surface area contributed by atoms with E-state index in [0.717, 1.165) is 11.1 Å². The molecule has 1 saturated heterocycles. The number of rotatable bonds is 5. The maximum absolute atomic E-state index is 13.1. The summed E-state index contributed by atoms with van der Waals surface area (Å²) in [6, 6.07) is 7.14. The molecule has 2 atom stereocenters. The normalized spacial score (nSPS) is 19.8. The number of anilines is 1. The molecule has 134 valence electrons. The molecule has 0 unspecified atom stereocenters. The number of hydrogen-bond donors (Lipinski definition) is 3. The van der Waals surface area contributed by atoms with Crippen molar-refractivity contribution in [2.24, 2.45) is 0 Å². The molecular weight excluding hydrogens is 345 g/mol. The minimum atomic E-state index is -0.837. The lowest BCUT2D eigenvalue weighted by Crippen LogP contribution is -2.39. The summed E-state index contributed by atoms with van der Waals surface area (Å²) >= 11 is 6.01. The minimum Gasteiger partial charge on any atom is -0.336 e. The maximum Gasteiger partial charge on any atom is 0.320 e. The van der Waals surface area contributed by atoms with E-state index in [9.17, 15) is 9.18 Å². The van der Waals surface area contributed by atoms with Crippen molar-refractivity contribution in [2.45, 2.75) is 32.1 Å². The molecule has 2 aromatic rings. The second-order valence-electron chi connectivity index (χ2n) is 6.24. The number of carbonyl (C=O) groups excluding carboxylic acids is 1. The van der Waals surface area contributed by atoms with Gasteiger partial charge in [-0.25, -0.2) is 13.9 Å². The lowest BCUT2D eigenvalue weighted by Gasteiger charge is -2.14. The van der Waals surface area contributed by atoms with Gasteiger partial charge in [-0.3, -0.25) is 5.32 Å². The van der Waals surface area contributed by atoms with E-state index in [1.165, 1.54) is 0 Å². The molecular formula is C17H21ClFN5O. The first-order valence-electron chi connectivity index (χ1n) is 8.20. The maximum atomic E-state index is 13.1. The fourth-order valence-corrected chi connectivity index (χ4v) is 3.08. The van der Waals surface area contributed by atoms with E-state index in [1.807, 2.05) is 31.2 Å². The van der Waals surface area contributed by atoms with Crippen molar-refractivity contribution >= 4 is 23.4 Å². The molecule has 0 spiro atoms. The molecule has 2 heterocycles. The van der Waals surface area contributed by atoms with Crippen molar-refractivity contribution in [1.29, 1.82) is 0 Å². The average Bonchev–Trinajstić information content (AvgIpc) is 3.13. The molecule has 1 aliphatic rings. The highest BCUT2D eigenvalue weighted by Gasteiger charge is 2.23. The topological polar surface area (TPSA) is 71.0 Å². The largest absolute Gasteiger partial charge is 0.336 e. The first-order valence-corrected chi connectivity index (χ1v) is 8.58. The minimum absolute atomic E-state index is 0.0294. The second kappa shape index (κ2) is 7.84. The zero-order chi connectivity index (χ0) is 17.8. The van der Waals surface area contributed by atoms with Gasteiger partial charge >= 0.3 is 6.03 Å². The van der Waals surface area contributed by atoms with Crippen molar-refractivity contribution in [3.05, 3.63) is 46.6 Å². The molecule has 1 aromatic heterocycles. The van der Waals surface area contributed by atoms with Gasteiger partial charge in [0.05, 0.1) is 12.7 Å². The summed E-state index contributed by atoms with van der Waals surface area (Å²) < 4.78 is 14.8. The molecule has 0 bridgehead atoms. The summed E-state index contributed by atoms with van der Waals surface area (Å²) in [6.07, 6.45) is 1.29. The van der Waals surface area contributed by atoms with Gasteiger partial charge < -0.3 is 10.6 Å². The van der Waals surface area contributed by atoms with Crippen LogP contribution >= 0.6 is 11.6 Å². The smallest absolute Gasteiger partial charge is 0.320 e. The van der Waals surface area contributed by atoms with Gasteiger partial charge in [0.25, 0.3) is 0 Å². The molecule has 8 heteroatoms. The number of aromatic nitrogens is 2. The van der Waals surface area contributed by atoms with Crippen LogP contribution in [0.1, 0.15) is 17.5 Å². The van der Waals surface area contributed by atoms with Gasteiger partial charge in [0.15, 0.2) is 0 Å². The Hall–Kier alpha value is -2.12. The van der Waals surface area contributed by atoms with Crippen LogP contribution in [0.25, 0.3) is 0 Å². The Balaban J connectivity index is 1.60. The zero-order valence-electron chi connectivity index (χ0n) is 13.9. The Morgan fingerprint density at radius 1 is 1.52 bits per heavy atom. The SMILES string of the molecule is Cc1cnn(Cc2cccc(Cl)c2)c1NC(=O)NC[C@@H]1C[C@H](F)CN1. The van der Waals surface area contributed by atoms with Crippen LogP contribution in [-0.4, -0.2) is 41.1 Å². The van der Waals surface area contributed by atoms with E-state index in [2.05, 4.69) is 21.0 Å². The number of hydrogen-bond acceptors (Lipinski definition) is 3. The summed E-state index contributed by atoms with van der Waals surface area (Å²) in [5.74, 6) is 0.625. The van der Waals surface area contributed by atoms with E-state index in [1.54, 1.807) is 10.9 Å². The third-order valence-electron chi connectivity index (χ3n) is 4.15. The summed E-state index contributed by atoms with van der Waals surface area (Å²) in [4.78, 5) is 12.2. The van der Waals surface area contributed by atoms with Crippen LogP contribution in [0.4, 0.5) is 15.0 Å². The van der Waals surface area contributed by atoms with Gasteiger partial charge in [-0.2, -0.15) is 5.10 Å². The Kier molecular flexibility index (Phi) is 5.55. The number of benzene rings is 1. The number of aryl methyl sites for hydroxylation is 1. The van der Waals surface area contributed by atoms with E-state index < -0.39 is 6.17 Å². The molecule has 6 nitrogen and oxygen atoms in total. The lowest BCUT2D eigenvalue weighted by molar-refractivity contribution is 0.250. The van der Waals surface area contributed by atoms with Crippen LogP contribution in [0.2, 0.25) is 5.02 Å². The Bertz CT molecular complexity index is 750.